The molecule has 1 aliphatic rings. The van der Waals surface area contributed by atoms with Crippen molar-refractivity contribution in [1.29, 1.82) is 5.26 Å². The summed E-state index contributed by atoms with van der Waals surface area (Å²) in [6.45, 7) is -3.05. The molecule has 2 N–H and O–H groups in total. The minimum atomic E-state index is -2.93. The zero-order valence-corrected chi connectivity index (χ0v) is 11.9. The Morgan fingerprint density at radius 3 is 2.68 bits per heavy atom. The van der Waals surface area contributed by atoms with Crippen LogP contribution >= 0.6 is 0 Å². The number of rotatable bonds is 6. The number of amides is 1. The summed E-state index contributed by atoms with van der Waals surface area (Å²) >= 11 is 0. The number of carbonyl (C=O) groups excluding carboxylic acids is 1. The van der Waals surface area contributed by atoms with Gasteiger partial charge in [-0.1, -0.05) is 12.1 Å². The second-order valence-corrected chi connectivity index (χ2v) is 5.18. The predicted octanol–water partition coefficient (Wildman–Crippen LogP) is 2.65. The van der Waals surface area contributed by atoms with Gasteiger partial charge >= 0.3 is 6.61 Å². The molecule has 0 heterocycles. The van der Waals surface area contributed by atoms with Gasteiger partial charge in [-0.25, -0.2) is 0 Å². The van der Waals surface area contributed by atoms with Gasteiger partial charge in [-0.3, -0.25) is 4.79 Å². The van der Waals surface area contributed by atoms with Crippen molar-refractivity contribution in [3.8, 4) is 11.8 Å². The van der Waals surface area contributed by atoms with Crippen LogP contribution < -0.4 is 15.4 Å². The summed E-state index contributed by atoms with van der Waals surface area (Å²) in [6, 6.07) is 8.30. The number of anilines is 1. The van der Waals surface area contributed by atoms with Gasteiger partial charge in [0.15, 0.2) is 0 Å². The van der Waals surface area contributed by atoms with Gasteiger partial charge in [0.2, 0.25) is 5.91 Å². The molecule has 1 saturated carbocycles. The number of hydrogen-bond acceptors (Lipinski definition) is 4. The van der Waals surface area contributed by atoms with Gasteiger partial charge in [0, 0.05) is 0 Å². The molecule has 1 fully saturated rings. The van der Waals surface area contributed by atoms with Gasteiger partial charge in [-0.05, 0) is 37.8 Å². The van der Waals surface area contributed by atoms with Gasteiger partial charge in [0.25, 0.3) is 0 Å². The molecule has 7 heteroatoms. The zero-order chi connectivity index (χ0) is 16.0. The third-order valence-corrected chi connectivity index (χ3v) is 3.59. The quantitative estimate of drug-likeness (QED) is 0.847. The highest BCUT2D eigenvalue weighted by molar-refractivity contribution is 5.82. The number of carbonyl (C=O) groups is 1. The Morgan fingerprint density at radius 2 is 2.05 bits per heavy atom. The Hall–Kier alpha value is -2.36. The van der Waals surface area contributed by atoms with E-state index in [-0.39, 0.29) is 18.2 Å². The van der Waals surface area contributed by atoms with Crippen LogP contribution in [0.4, 0.5) is 14.5 Å². The molecule has 0 aliphatic heterocycles. The van der Waals surface area contributed by atoms with Crippen molar-refractivity contribution in [1.82, 2.24) is 5.32 Å². The summed E-state index contributed by atoms with van der Waals surface area (Å²) in [7, 11) is 0. The molecule has 1 aromatic rings. The Bertz CT molecular complexity index is 566. The van der Waals surface area contributed by atoms with E-state index in [0.29, 0.717) is 18.5 Å². The van der Waals surface area contributed by atoms with E-state index in [9.17, 15) is 18.8 Å². The molecule has 1 aromatic carbocycles. The second-order valence-electron chi connectivity index (χ2n) is 5.18. The maximum atomic E-state index is 12.3. The fraction of sp³-hybridized carbons (Fsp3) is 0.467. The Kier molecular flexibility index (Phi) is 5.15. The fourth-order valence-electron chi connectivity index (χ4n) is 2.54. The summed E-state index contributed by atoms with van der Waals surface area (Å²) in [5.41, 5.74) is -0.493. The van der Waals surface area contributed by atoms with Crippen LogP contribution in [0.2, 0.25) is 0 Å². The number of para-hydroxylation sites is 2. The number of alkyl halides is 2. The van der Waals surface area contributed by atoms with Crippen LogP contribution in [0.1, 0.15) is 25.7 Å². The number of hydrogen-bond donors (Lipinski definition) is 2. The van der Waals surface area contributed by atoms with Crippen molar-refractivity contribution in [3.05, 3.63) is 24.3 Å². The maximum Gasteiger partial charge on any atom is 0.387 e. The zero-order valence-electron chi connectivity index (χ0n) is 11.9. The van der Waals surface area contributed by atoms with E-state index < -0.39 is 12.2 Å². The smallest absolute Gasteiger partial charge is 0.387 e. The van der Waals surface area contributed by atoms with Gasteiger partial charge in [-0.15, -0.1) is 0 Å². The van der Waals surface area contributed by atoms with Crippen LogP contribution in [-0.2, 0) is 4.79 Å². The minimum Gasteiger partial charge on any atom is -0.433 e. The Morgan fingerprint density at radius 1 is 1.36 bits per heavy atom. The van der Waals surface area contributed by atoms with Crippen molar-refractivity contribution in [2.45, 2.75) is 37.8 Å². The van der Waals surface area contributed by atoms with E-state index >= 15 is 0 Å². The molecule has 1 aliphatic carbocycles. The second kappa shape index (κ2) is 7.07. The van der Waals surface area contributed by atoms with E-state index in [1.807, 2.05) is 0 Å². The molecule has 118 valence electrons. The minimum absolute atomic E-state index is 0.0267. The summed E-state index contributed by atoms with van der Waals surface area (Å²) in [5.74, 6) is -0.378. The van der Waals surface area contributed by atoms with Crippen LogP contribution in [-0.4, -0.2) is 24.6 Å². The molecule has 0 saturated heterocycles. The van der Waals surface area contributed by atoms with Gasteiger partial charge in [0.05, 0.1) is 18.3 Å². The highest BCUT2D eigenvalue weighted by atomic mass is 19.3. The molecule has 1 amide bonds. The van der Waals surface area contributed by atoms with Crippen molar-refractivity contribution in [3.63, 3.8) is 0 Å². The summed E-state index contributed by atoms with van der Waals surface area (Å²) < 4.78 is 29.0. The third-order valence-electron chi connectivity index (χ3n) is 3.59. The molecule has 0 spiro atoms. The first-order valence-electron chi connectivity index (χ1n) is 7.05. The molecule has 5 nitrogen and oxygen atoms in total. The molecule has 2 rings (SSSR count). The summed E-state index contributed by atoms with van der Waals surface area (Å²) in [6.07, 6.45) is 3.10. The lowest BCUT2D eigenvalue weighted by Gasteiger charge is -2.22. The molecule has 0 aromatic heterocycles. The van der Waals surface area contributed by atoms with Crippen LogP contribution in [0.25, 0.3) is 0 Å². The number of nitrogens with one attached hydrogen (secondary N) is 2. The molecule has 0 radical (unpaired) electrons. The van der Waals surface area contributed by atoms with Gasteiger partial charge in [0.1, 0.15) is 11.3 Å². The number of halogens is 2. The van der Waals surface area contributed by atoms with Crippen LogP contribution in [0, 0.1) is 11.3 Å². The Balaban J connectivity index is 1.93. The number of ether oxygens (including phenoxy) is 1. The third kappa shape index (κ3) is 4.07. The largest absolute Gasteiger partial charge is 0.433 e. The highest BCUT2D eigenvalue weighted by Crippen LogP contribution is 2.29. The van der Waals surface area contributed by atoms with Crippen molar-refractivity contribution in [2.24, 2.45) is 0 Å². The van der Waals surface area contributed by atoms with Crippen LogP contribution in [0.5, 0.6) is 5.75 Å². The molecule has 0 atom stereocenters. The predicted molar refractivity (Wildman–Crippen MR) is 76.5 cm³/mol. The molecule has 0 unspecified atom stereocenters. The molecular weight excluding hydrogens is 292 g/mol. The van der Waals surface area contributed by atoms with E-state index in [0.717, 1.165) is 12.8 Å². The average Bonchev–Trinajstić information content (AvgIpc) is 2.95. The fourth-order valence-corrected chi connectivity index (χ4v) is 2.54. The van der Waals surface area contributed by atoms with Gasteiger partial charge < -0.3 is 15.4 Å². The lowest BCUT2D eigenvalue weighted by molar-refractivity contribution is -0.120. The number of benzene rings is 1. The van der Waals surface area contributed by atoms with E-state index in [2.05, 4.69) is 21.4 Å². The van der Waals surface area contributed by atoms with Crippen molar-refractivity contribution >= 4 is 11.6 Å². The number of nitrogens with zero attached hydrogens (tertiary/aromatic N) is 1. The topological polar surface area (TPSA) is 74.2 Å². The SMILES string of the molecule is N#CC1(NC(=O)CNc2ccccc2OC(F)F)CCCC1. The number of nitriles is 1. The lowest BCUT2D eigenvalue weighted by atomic mass is 10.00. The molecule has 22 heavy (non-hydrogen) atoms. The summed E-state index contributed by atoms with van der Waals surface area (Å²) in [5, 5.41) is 14.7. The van der Waals surface area contributed by atoms with Gasteiger partial charge in [-0.2, -0.15) is 14.0 Å². The first-order chi connectivity index (χ1) is 10.5. The van der Waals surface area contributed by atoms with Crippen LogP contribution in [0.3, 0.4) is 0 Å². The van der Waals surface area contributed by atoms with Crippen molar-refractivity contribution in [2.75, 3.05) is 11.9 Å². The average molecular weight is 309 g/mol. The van der Waals surface area contributed by atoms with Crippen molar-refractivity contribution < 1.29 is 18.3 Å². The normalized spacial score (nSPS) is 16.1. The van der Waals surface area contributed by atoms with E-state index in [1.54, 1.807) is 18.2 Å². The molecular formula is C15H17F2N3O2. The summed E-state index contributed by atoms with van der Waals surface area (Å²) in [4.78, 5) is 12.0. The monoisotopic (exact) mass is 309 g/mol. The van der Waals surface area contributed by atoms with E-state index in [1.165, 1.54) is 6.07 Å². The molecule has 0 bridgehead atoms. The standard InChI is InChI=1S/C15H17F2N3O2/c16-14(17)22-12-6-2-1-5-11(12)19-9-13(21)20-15(10-18)7-3-4-8-15/h1-2,5-6,14,19H,3-4,7-9H2,(H,20,21). The first kappa shape index (κ1) is 16.0. The first-order valence-corrected chi connectivity index (χ1v) is 7.05. The lowest BCUT2D eigenvalue weighted by Crippen LogP contribution is -2.47. The van der Waals surface area contributed by atoms with E-state index in [4.69, 9.17) is 0 Å². The highest BCUT2D eigenvalue weighted by Gasteiger charge is 2.35. The Labute approximate surface area is 127 Å². The maximum absolute atomic E-state index is 12.3. The van der Waals surface area contributed by atoms with Crippen LogP contribution in [0.15, 0.2) is 24.3 Å².